The van der Waals surface area contributed by atoms with Crippen LogP contribution in [0.4, 0.5) is 0 Å². The zero-order valence-corrected chi connectivity index (χ0v) is 8.57. The minimum atomic E-state index is -0.437. The third-order valence-corrected chi connectivity index (χ3v) is 1.99. The average Bonchev–Trinajstić information content (AvgIpc) is 2.21. The van der Waals surface area contributed by atoms with E-state index in [1.165, 1.54) is 7.11 Å². The van der Waals surface area contributed by atoms with Crippen molar-refractivity contribution in [1.29, 1.82) is 0 Å². The second kappa shape index (κ2) is 4.72. The Labute approximate surface area is 83.3 Å². The van der Waals surface area contributed by atoms with Crippen molar-refractivity contribution in [1.82, 2.24) is 10.3 Å². The molecular weight excluding hydrogens is 180 g/mol. The molecule has 0 saturated heterocycles. The second-order valence-electron chi connectivity index (χ2n) is 2.98. The molecule has 0 amide bonds. The van der Waals surface area contributed by atoms with E-state index < -0.39 is 6.04 Å². The second-order valence-corrected chi connectivity index (χ2v) is 2.98. The van der Waals surface area contributed by atoms with Crippen LogP contribution in [-0.2, 0) is 9.53 Å². The molecule has 4 heteroatoms. The molecule has 0 aliphatic rings. The van der Waals surface area contributed by atoms with E-state index in [9.17, 15) is 4.79 Å². The number of methoxy groups -OCH3 is 1. The van der Waals surface area contributed by atoms with Gasteiger partial charge in [-0.1, -0.05) is 6.07 Å². The molecular formula is C10H14N2O2. The molecule has 1 rings (SSSR count). The number of aromatic nitrogens is 1. The maximum Gasteiger partial charge on any atom is 0.327 e. The Bertz CT molecular complexity index is 308. The van der Waals surface area contributed by atoms with Crippen LogP contribution < -0.4 is 5.32 Å². The van der Waals surface area contributed by atoms with Crippen molar-refractivity contribution in [3.63, 3.8) is 0 Å². The van der Waals surface area contributed by atoms with Gasteiger partial charge in [-0.2, -0.15) is 0 Å². The first-order valence-electron chi connectivity index (χ1n) is 4.36. The summed E-state index contributed by atoms with van der Waals surface area (Å²) in [4.78, 5) is 15.4. The largest absolute Gasteiger partial charge is 0.468 e. The molecule has 0 aromatic carbocycles. The highest BCUT2D eigenvalue weighted by Gasteiger charge is 2.18. The Morgan fingerprint density at radius 2 is 2.29 bits per heavy atom. The van der Waals surface area contributed by atoms with Crippen LogP contribution in [0, 0.1) is 6.92 Å². The molecule has 1 N–H and O–H groups in total. The summed E-state index contributed by atoms with van der Waals surface area (Å²) >= 11 is 0. The molecule has 0 aliphatic heterocycles. The van der Waals surface area contributed by atoms with Gasteiger partial charge in [-0.3, -0.25) is 4.98 Å². The standard InChI is InChI=1S/C10H14N2O2/c1-7-4-5-8(6-12-7)9(11-2)10(13)14-3/h4-6,9,11H,1-3H3. The summed E-state index contributed by atoms with van der Waals surface area (Å²) in [5.41, 5.74) is 1.73. The number of rotatable bonds is 3. The SMILES string of the molecule is CNC(C(=O)OC)c1ccc(C)nc1. The molecule has 0 saturated carbocycles. The van der Waals surface area contributed by atoms with E-state index >= 15 is 0 Å². The zero-order valence-electron chi connectivity index (χ0n) is 8.57. The number of aryl methyl sites for hydroxylation is 1. The van der Waals surface area contributed by atoms with Crippen LogP contribution >= 0.6 is 0 Å². The number of likely N-dealkylation sites (N-methyl/N-ethyl adjacent to an activating group) is 1. The van der Waals surface area contributed by atoms with E-state index in [2.05, 4.69) is 15.0 Å². The Morgan fingerprint density at radius 1 is 1.57 bits per heavy atom. The Kier molecular flexibility index (Phi) is 3.59. The Balaban J connectivity index is 2.89. The topological polar surface area (TPSA) is 51.2 Å². The summed E-state index contributed by atoms with van der Waals surface area (Å²) in [5, 5.41) is 2.87. The van der Waals surface area contributed by atoms with Crippen LogP contribution in [-0.4, -0.2) is 25.1 Å². The zero-order chi connectivity index (χ0) is 10.6. The van der Waals surface area contributed by atoms with Crippen LogP contribution in [0.25, 0.3) is 0 Å². The lowest BCUT2D eigenvalue weighted by Gasteiger charge is -2.13. The molecule has 0 fully saturated rings. The first-order valence-corrected chi connectivity index (χ1v) is 4.36. The highest BCUT2D eigenvalue weighted by atomic mass is 16.5. The molecule has 4 nitrogen and oxygen atoms in total. The molecule has 1 aromatic rings. The van der Waals surface area contributed by atoms with E-state index in [0.29, 0.717) is 0 Å². The van der Waals surface area contributed by atoms with Crippen LogP contribution in [0.2, 0.25) is 0 Å². The van der Waals surface area contributed by atoms with E-state index in [1.54, 1.807) is 13.2 Å². The normalized spacial score (nSPS) is 12.2. The minimum Gasteiger partial charge on any atom is -0.468 e. The monoisotopic (exact) mass is 194 g/mol. The van der Waals surface area contributed by atoms with Gasteiger partial charge in [-0.05, 0) is 25.6 Å². The van der Waals surface area contributed by atoms with Crippen molar-refractivity contribution >= 4 is 5.97 Å². The van der Waals surface area contributed by atoms with E-state index in [-0.39, 0.29) is 5.97 Å². The molecule has 1 unspecified atom stereocenters. The average molecular weight is 194 g/mol. The highest BCUT2D eigenvalue weighted by molar-refractivity contribution is 5.77. The molecule has 76 valence electrons. The van der Waals surface area contributed by atoms with Crippen LogP contribution in [0.1, 0.15) is 17.3 Å². The van der Waals surface area contributed by atoms with Crippen molar-refractivity contribution in [2.24, 2.45) is 0 Å². The molecule has 1 heterocycles. The summed E-state index contributed by atoms with van der Waals surface area (Å²) in [6.45, 7) is 1.90. The lowest BCUT2D eigenvalue weighted by molar-refractivity contribution is -0.143. The highest BCUT2D eigenvalue weighted by Crippen LogP contribution is 2.12. The summed E-state index contributed by atoms with van der Waals surface area (Å²) in [6, 6.07) is 3.29. The maximum absolute atomic E-state index is 11.3. The van der Waals surface area contributed by atoms with Gasteiger partial charge < -0.3 is 10.1 Å². The Hall–Kier alpha value is -1.42. The third kappa shape index (κ3) is 2.29. The molecule has 1 aromatic heterocycles. The van der Waals surface area contributed by atoms with Gasteiger partial charge in [0.25, 0.3) is 0 Å². The Morgan fingerprint density at radius 3 is 2.71 bits per heavy atom. The van der Waals surface area contributed by atoms with E-state index in [1.807, 2.05) is 19.1 Å². The van der Waals surface area contributed by atoms with Crippen LogP contribution in [0.15, 0.2) is 18.3 Å². The number of pyridine rings is 1. The fourth-order valence-corrected chi connectivity index (χ4v) is 1.19. The summed E-state index contributed by atoms with van der Waals surface area (Å²) in [6.07, 6.45) is 1.67. The number of ether oxygens (including phenoxy) is 1. The van der Waals surface area contributed by atoms with Crippen molar-refractivity contribution in [3.05, 3.63) is 29.6 Å². The van der Waals surface area contributed by atoms with Gasteiger partial charge in [0.2, 0.25) is 0 Å². The smallest absolute Gasteiger partial charge is 0.327 e. The van der Waals surface area contributed by atoms with Gasteiger partial charge in [-0.25, -0.2) is 4.79 Å². The van der Waals surface area contributed by atoms with Gasteiger partial charge >= 0.3 is 5.97 Å². The summed E-state index contributed by atoms with van der Waals surface area (Å²) < 4.78 is 4.66. The lowest BCUT2D eigenvalue weighted by atomic mass is 10.1. The number of nitrogens with zero attached hydrogens (tertiary/aromatic N) is 1. The van der Waals surface area contributed by atoms with Crippen molar-refractivity contribution < 1.29 is 9.53 Å². The van der Waals surface area contributed by atoms with Crippen molar-refractivity contribution in [3.8, 4) is 0 Å². The van der Waals surface area contributed by atoms with Crippen LogP contribution in [0.3, 0.4) is 0 Å². The molecule has 14 heavy (non-hydrogen) atoms. The number of esters is 1. The van der Waals surface area contributed by atoms with Crippen molar-refractivity contribution in [2.45, 2.75) is 13.0 Å². The molecule has 0 radical (unpaired) electrons. The number of carbonyl (C=O) groups excluding carboxylic acids is 1. The predicted molar refractivity (Wildman–Crippen MR) is 52.8 cm³/mol. The molecule has 0 bridgehead atoms. The van der Waals surface area contributed by atoms with E-state index in [4.69, 9.17) is 0 Å². The van der Waals surface area contributed by atoms with Gasteiger partial charge in [0.05, 0.1) is 7.11 Å². The predicted octanol–water partition coefficient (Wildman–Crippen LogP) is 0.824. The molecule has 0 spiro atoms. The molecule has 0 aliphatic carbocycles. The van der Waals surface area contributed by atoms with Gasteiger partial charge in [-0.15, -0.1) is 0 Å². The summed E-state index contributed by atoms with van der Waals surface area (Å²) in [5.74, 6) is -0.307. The maximum atomic E-state index is 11.3. The van der Waals surface area contributed by atoms with Gasteiger partial charge in [0.1, 0.15) is 6.04 Å². The first-order chi connectivity index (χ1) is 6.69. The van der Waals surface area contributed by atoms with E-state index in [0.717, 1.165) is 11.3 Å². The number of carbonyl (C=O) groups is 1. The van der Waals surface area contributed by atoms with Crippen LogP contribution in [0.5, 0.6) is 0 Å². The summed E-state index contributed by atoms with van der Waals surface area (Å²) in [7, 11) is 3.08. The van der Waals surface area contributed by atoms with Crippen molar-refractivity contribution in [2.75, 3.05) is 14.2 Å². The van der Waals surface area contributed by atoms with Gasteiger partial charge in [0.15, 0.2) is 0 Å². The third-order valence-electron chi connectivity index (χ3n) is 1.99. The molecule has 1 atom stereocenters. The lowest BCUT2D eigenvalue weighted by Crippen LogP contribution is -2.26. The van der Waals surface area contributed by atoms with Gasteiger partial charge in [0, 0.05) is 11.9 Å². The number of nitrogens with one attached hydrogen (secondary N) is 1. The fourth-order valence-electron chi connectivity index (χ4n) is 1.19. The first kappa shape index (κ1) is 10.7. The fraction of sp³-hybridized carbons (Fsp3) is 0.400. The number of hydrogen-bond acceptors (Lipinski definition) is 4. The quantitative estimate of drug-likeness (QED) is 0.724. The minimum absolute atomic E-state index is 0.307. The number of hydrogen-bond donors (Lipinski definition) is 1.